The topological polar surface area (TPSA) is 58.3 Å². The molecule has 0 radical (unpaired) electrons. The number of anilines is 1. The molecule has 0 aromatic carbocycles. The monoisotopic (exact) mass is 341 g/mol. The van der Waals surface area contributed by atoms with Crippen LogP contribution in [0.5, 0.6) is 0 Å². The molecule has 0 N–H and O–H groups in total. The van der Waals surface area contributed by atoms with E-state index in [4.69, 9.17) is 4.42 Å². The first kappa shape index (κ1) is 16.5. The molecule has 4 rings (SSSR count). The van der Waals surface area contributed by atoms with Crippen molar-refractivity contribution in [1.29, 1.82) is 0 Å². The average Bonchev–Trinajstić information content (AvgIpc) is 3.28. The Morgan fingerprint density at radius 2 is 1.96 bits per heavy atom. The van der Waals surface area contributed by atoms with E-state index in [1.165, 1.54) is 25.7 Å². The van der Waals surface area contributed by atoms with Crippen molar-refractivity contribution in [3.05, 3.63) is 35.7 Å². The summed E-state index contributed by atoms with van der Waals surface area (Å²) < 4.78 is 5.32. The van der Waals surface area contributed by atoms with Gasteiger partial charge in [-0.3, -0.25) is 4.90 Å². The van der Waals surface area contributed by atoms with Crippen molar-refractivity contribution >= 4 is 5.82 Å². The highest BCUT2D eigenvalue weighted by atomic mass is 16.3. The van der Waals surface area contributed by atoms with Crippen molar-refractivity contribution in [1.82, 2.24) is 20.1 Å². The van der Waals surface area contributed by atoms with Crippen LogP contribution in [0.15, 0.2) is 22.8 Å². The first-order chi connectivity index (χ1) is 12.3. The molecule has 6 nitrogen and oxygen atoms in total. The van der Waals surface area contributed by atoms with Crippen molar-refractivity contribution in [3.8, 4) is 0 Å². The van der Waals surface area contributed by atoms with Crippen LogP contribution >= 0.6 is 0 Å². The Morgan fingerprint density at radius 3 is 2.68 bits per heavy atom. The Balaban J connectivity index is 1.32. The molecular formula is C19H27N5O. The Morgan fingerprint density at radius 1 is 1.08 bits per heavy atom. The zero-order chi connectivity index (χ0) is 17.1. The zero-order valence-electron chi connectivity index (χ0n) is 15.0. The third kappa shape index (κ3) is 4.18. The number of hydrogen-bond donors (Lipinski definition) is 0. The van der Waals surface area contributed by atoms with Gasteiger partial charge in [-0.2, -0.15) is 5.10 Å². The molecular weight excluding hydrogens is 314 g/mol. The maximum absolute atomic E-state index is 5.32. The highest BCUT2D eigenvalue weighted by Crippen LogP contribution is 2.22. The van der Waals surface area contributed by atoms with Crippen LogP contribution < -0.4 is 4.90 Å². The second-order valence-corrected chi connectivity index (χ2v) is 7.38. The Kier molecular flexibility index (Phi) is 4.97. The van der Waals surface area contributed by atoms with Gasteiger partial charge in [0.25, 0.3) is 0 Å². The van der Waals surface area contributed by atoms with E-state index in [0.717, 1.165) is 62.2 Å². The Labute approximate surface area is 149 Å². The van der Waals surface area contributed by atoms with Gasteiger partial charge in [0.1, 0.15) is 6.26 Å². The summed E-state index contributed by atoms with van der Waals surface area (Å²) in [4.78, 5) is 9.24. The van der Waals surface area contributed by atoms with E-state index in [0.29, 0.717) is 5.92 Å². The molecule has 6 heteroatoms. The van der Waals surface area contributed by atoms with E-state index >= 15 is 0 Å². The van der Waals surface area contributed by atoms with Gasteiger partial charge >= 0.3 is 0 Å². The van der Waals surface area contributed by atoms with E-state index in [2.05, 4.69) is 37.1 Å². The molecule has 0 amide bonds. The Hall–Kier alpha value is -1.95. The fraction of sp³-hybridized carbons (Fsp3) is 0.632. The van der Waals surface area contributed by atoms with E-state index in [1.807, 2.05) is 6.92 Å². The molecule has 0 saturated carbocycles. The third-order valence-corrected chi connectivity index (χ3v) is 5.29. The third-order valence-electron chi connectivity index (χ3n) is 5.29. The molecule has 1 atom stereocenters. The van der Waals surface area contributed by atoms with E-state index in [9.17, 15) is 0 Å². The summed E-state index contributed by atoms with van der Waals surface area (Å²) in [6, 6.07) is 4.31. The summed E-state index contributed by atoms with van der Waals surface area (Å²) in [5.74, 6) is 2.43. The Bertz CT molecular complexity index is 677. The number of nitrogens with zero attached hydrogens (tertiary/aromatic N) is 5. The standard InChI is InChI=1S/C19H27N5O/c1-15-20-18(14-25-15)13-23-8-4-5-16(12-23)11-17-6-7-19(22-21-17)24-9-2-3-10-24/h6-7,14,16H,2-5,8-13H2,1H3. The molecule has 2 saturated heterocycles. The molecule has 2 fully saturated rings. The molecule has 0 spiro atoms. The highest BCUT2D eigenvalue weighted by molar-refractivity contribution is 5.38. The summed E-state index contributed by atoms with van der Waals surface area (Å²) in [5, 5.41) is 8.95. The molecule has 0 aliphatic carbocycles. The highest BCUT2D eigenvalue weighted by Gasteiger charge is 2.22. The van der Waals surface area contributed by atoms with E-state index < -0.39 is 0 Å². The molecule has 2 aliphatic heterocycles. The second kappa shape index (κ2) is 7.52. The van der Waals surface area contributed by atoms with Gasteiger partial charge in [0.2, 0.25) is 0 Å². The van der Waals surface area contributed by atoms with Crippen molar-refractivity contribution in [2.24, 2.45) is 5.92 Å². The maximum Gasteiger partial charge on any atom is 0.191 e. The van der Waals surface area contributed by atoms with Gasteiger partial charge in [0.05, 0.1) is 11.4 Å². The zero-order valence-corrected chi connectivity index (χ0v) is 15.0. The molecule has 2 aliphatic rings. The predicted octanol–water partition coefficient (Wildman–Crippen LogP) is 2.83. The number of hydrogen-bond acceptors (Lipinski definition) is 6. The van der Waals surface area contributed by atoms with Gasteiger partial charge in [0, 0.05) is 33.1 Å². The number of likely N-dealkylation sites (tertiary alicyclic amines) is 1. The van der Waals surface area contributed by atoms with E-state index in [-0.39, 0.29) is 0 Å². The minimum absolute atomic E-state index is 0.647. The minimum atomic E-state index is 0.647. The van der Waals surface area contributed by atoms with Crippen LogP contribution in [0, 0.1) is 12.8 Å². The molecule has 2 aromatic heterocycles. The van der Waals surface area contributed by atoms with Gasteiger partial charge in [-0.25, -0.2) is 4.98 Å². The molecule has 4 heterocycles. The van der Waals surface area contributed by atoms with Crippen LogP contribution in [0.25, 0.3) is 0 Å². The first-order valence-corrected chi connectivity index (χ1v) is 9.47. The van der Waals surface area contributed by atoms with Gasteiger partial charge in [0.15, 0.2) is 11.7 Å². The first-order valence-electron chi connectivity index (χ1n) is 9.47. The maximum atomic E-state index is 5.32. The van der Waals surface area contributed by atoms with Crippen LogP contribution in [0.2, 0.25) is 0 Å². The number of rotatable bonds is 5. The molecule has 0 bridgehead atoms. The van der Waals surface area contributed by atoms with Crippen molar-refractivity contribution < 1.29 is 4.42 Å². The smallest absolute Gasteiger partial charge is 0.191 e. The molecule has 25 heavy (non-hydrogen) atoms. The number of piperidine rings is 1. The summed E-state index contributed by atoms with van der Waals surface area (Å²) in [7, 11) is 0. The number of aromatic nitrogens is 3. The van der Waals surface area contributed by atoms with Crippen LogP contribution in [0.4, 0.5) is 5.82 Å². The van der Waals surface area contributed by atoms with Crippen LogP contribution in [0.1, 0.15) is 43.0 Å². The number of oxazole rings is 1. The minimum Gasteiger partial charge on any atom is -0.449 e. The fourth-order valence-electron chi connectivity index (χ4n) is 4.04. The summed E-state index contributed by atoms with van der Waals surface area (Å²) >= 11 is 0. The lowest BCUT2D eigenvalue weighted by atomic mass is 9.93. The molecule has 134 valence electrons. The lowest BCUT2D eigenvalue weighted by molar-refractivity contribution is 0.164. The summed E-state index contributed by atoms with van der Waals surface area (Å²) in [6.07, 6.45) is 7.84. The average molecular weight is 341 g/mol. The lowest BCUT2D eigenvalue weighted by Crippen LogP contribution is -2.36. The van der Waals surface area contributed by atoms with Gasteiger partial charge in [-0.05, 0) is 56.7 Å². The normalized spacial score (nSPS) is 21.8. The van der Waals surface area contributed by atoms with Crippen LogP contribution in [-0.4, -0.2) is 46.3 Å². The quantitative estimate of drug-likeness (QED) is 0.833. The lowest BCUT2D eigenvalue weighted by Gasteiger charge is -2.32. The van der Waals surface area contributed by atoms with Crippen molar-refractivity contribution in [3.63, 3.8) is 0 Å². The van der Waals surface area contributed by atoms with Crippen LogP contribution in [0.3, 0.4) is 0 Å². The summed E-state index contributed by atoms with van der Waals surface area (Å²) in [6.45, 7) is 7.25. The second-order valence-electron chi connectivity index (χ2n) is 7.38. The molecule has 2 aromatic rings. The SMILES string of the molecule is Cc1nc(CN2CCCC(Cc3ccc(N4CCCC4)nn3)C2)co1. The molecule has 1 unspecified atom stereocenters. The van der Waals surface area contributed by atoms with Gasteiger partial charge < -0.3 is 9.32 Å². The fourth-order valence-corrected chi connectivity index (χ4v) is 4.04. The van der Waals surface area contributed by atoms with Gasteiger partial charge in [-0.15, -0.1) is 5.10 Å². The van der Waals surface area contributed by atoms with Crippen molar-refractivity contribution in [2.45, 2.75) is 45.6 Å². The summed E-state index contributed by atoms with van der Waals surface area (Å²) in [5.41, 5.74) is 2.15. The largest absolute Gasteiger partial charge is 0.449 e. The van der Waals surface area contributed by atoms with E-state index in [1.54, 1.807) is 6.26 Å². The van der Waals surface area contributed by atoms with Crippen molar-refractivity contribution in [2.75, 3.05) is 31.1 Å². The van der Waals surface area contributed by atoms with Crippen LogP contribution in [-0.2, 0) is 13.0 Å². The predicted molar refractivity (Wildman–Crippen MR) is 96.4 cm³/mol. The van der Waals surface area contributed by atoms with Gasteiger partial charge in [-0.1, -0.05) is 0 Å². The number of aryl methyl sites for hydroxylation is 1.